The maximum absolute atomic E-state index is 14.5. The molecule has 24 heavy (non-hydrogen) atoms. The van der Waals surface area contributed by atoms with Crippen molar-refractivity contribution < 1.29 is 20.1 Å². The highest BCUT2D eigenvalue weighted by atomic mass is 32.2. The number of benzene rings is 2. The third kappa shape index (κ3) is 2.52. The number of nitrogens with zero attached hydrogens (tertiary/aromatic N) is 1. The molecule has 1 heterocycles. The van der Waals surface area contributed by atoms with E-state index in [9.17, 15) is 17.2 Å². The van der Waals surface area contributed by atoms with Gasteiger partial charge in [-0.15, -0.1) is 4.40 Å². The first-order chi connectivity index (χ1) is 11.2. The van der Waals surface area contributed by atoms with Crippen LogP contribution < -0.4 is 11.1 Å². The molecule has 1 atom stereocenters. The number of fused-ring (bicyclic) bond motifs is 1. The molecular weight excluding hydrogens is 336 g/mol. The first kappa shape index (κ1) is 16.4. The molecule has 0 unspecified atom stereocenters. The van der Waals surface area contributed by atoms with Crippen LogP contribution in [0.3, 0.4) is 0 Å². The van der Waals surface area contributed by atoms with Crippen LogP contribution >= 0.6 is 0 Å². The number of nitrogens with one attached hydrogen (secondary N) is 1. The van der Waals surface area contributed by atoms with E-state index in [1.807, 2.05) is 19.1 Å². The number of rotatable bonds is 2. The van der Waals surface area contributed by atoms with Gasteiger partial charge < -0.3 is 11.1 Å². The molecular formula is C16H19F2N3O2S. The van der Waals surface area contributed by atoms with Crippen molar-refractivity contribution in [1.82, 2.24) is 0 Å². The Labute approximate surface area is 141 Å². The number of halogens is 2. The molecule has 1 aliphatic rings. The van der Waals surface area contributed by atoms with E-state index >= 15 is 0 Å². The van der Waals surface area contributed by atoms with Gasteiger partial charge >= 0.3 is 0 Å². The zero-order chi connectivity index (χ0) is 17.6. The minimum atomic E-state index is -4.19. The quantitative estimate of drug-likeness (QED) is 0.865. The van der Waals surface area contributed by atoms with Gasteiger partial charge in [-0.05, 0) is 24.1 Å². The Balaban J connectivity index is 0.00000169. The molecule has 5 nitrogen and oxygen atoms in total. The van der Waals surface area contributed by atoms with E-state index in [1.165, 1.54) is 0 Å². The summed E-state index contributed by atoms with van der Waals surface area (Å²) in [7, 11) is -4.19. The zero-order valence-electron chi connectivity index (χ0n) is 13.0. The molecule has 0 aromatic heterocycles. The second-order valence-corrected chi connectivity index (χ2v) is 7.19. The lowest BCUT2D eigenvalue weighted by molar-refractivity contribution is 0.492. The SMILES string of the molecule is Cc1ccccc1[C@H](C)c1c(F)c(F)cc2c1NC(N)=NS2(=O)=O.[HH].[HH]. The molecule has 0 amide bonds. The van der Waals surface area contributed by atoms with Crippen LogP contribution in [0.5, 0.6) is 0 Å². The number of hydrogen-bond acceptors (Lipinski definition) is 4. The maximum Gasteiger partial charge on any atom is 0.287 e. The average molecular weight is 355 g/mol. The maximum atomic E-state index is 14.5. The summed E-state index contributed by atoms with van der Waals surface area (Å²) in [5, 5.41) is 2.56. The van der Waals surface area contributed by atoms with E-state index in [2.05, 4.69) is 9.71 Å². The number of hydrogen-bond donors (Lipinski definition) is 2. The molecule has 0 aliphatic carbocycles. The first-order valence-electron chi connectivity index (χ1n) is 7.17. The summed E-state index contributed by atoms with van der Waals surface area (Å²) < 4.78 is 56.1. The summed E-state index contributed by atoms with van der Waals surface area (Å²) in [6, 6.07) is 7.86. The fourth-order valence-electron chi connectivity index (χ4n) is 2.92. The number of nitrogens with two attached hydrogens (primary N) is 1. The number of aryl methyl sites for hydroxylation is 1. The minimum absolute atomic E-state index is 0. The van der Waals surface area contributed by atoms with Crippen LogP contribution in [0.15, 0.2) is 39.6 Å². The third-order valence-electron chi connectivity index (χ3n) is 4.06. The van der Waals surface area contributed by atoms with Crippen LogP contribution in [0.1, 0.15) is 32.4 Å². The van der Waals surface area contributed by atoms with Gasteiger partial charge in [-0.3, -0.25) is 0 Å². The molecule has 2 aromatic rings. The molecule has 130 valence electrons. The fraction of sp³-hybridized carbons (Fsp3) is 0.188. The van der Waals surface area contributed by atoms with E-state index in [0.717, 1.165) is 11.1 Å². The van der Waals surface area contributed by atoms with Gasteiger partial charge in [-0.1, -0.05) is 31.2 Å². The van der Waals surface area contributed by atoms with Gasteiger partial charge in [0.1, 0.15) is 4.90 Å². The predicted octanol–water partition coefficient (Wildman–Crippen LogP) is 3.35. The Hall–Kier alpha value is -2.48. The molecule has 3 rings (SSSR count). The van der Waals surface area contributed by atoms with Crippen LogP contribution in [0.2, 0.25) is 0 Å². The first-order valence-corrected chi connectivity index (χ1v) is 8.61. The lowest BCUT2D eigenvalue weighted by atomic mass is 9.88. The monoisotopic (exact) mass is 355 g/mol. The van der Waals surface area contributed by atoms with Crippen molar-refractivity contribution >= 4 is 21.7 Å². The molecule has 0 saturated carbocycles. The lowest BCUT2D eigenvalue weighted by Crippen LogP contribution is -2.30. The predicted molar refractivity (Wildman–Crippen MR) is 91.7 cm³/mol. The minimum Gasteiger partial charge on any atom is -0.369 e. The van der Waals surface area contributed by atoms with Gasteiger partial charge in [0.25, 0.3) is 10.0 Å². The largest absolute Gasteiger partial charge is 0.369 e. The molecule has 2 aromatic carbocycles. The number of anilines is 1. The van der Waals surface area contributed by atoms with Gasteiger partial charge in [0.15, 0.2) is 11.6 Å². The van der Waals surface area contributed by atoms with Crippen LogP contribution in [-0.4, -0.2) is 14.4 Å². The van der Waals surface area contributed by atoms with E-state index in [0.29, 0.717) is 6.07 Å². The molecule has 0 fully saturated rings. The number of guanidine groups is 1. The number of sulfonamides is 1. The molecule has 0 radical (unpaired) electrons. The lowest BCUT2D eigenvalue weighted by Gasteiger charge is -2.24. The average Bonchev–Trinajstić information content (AvgIpc) is 2.49. The topological polar surface area (TPSA) is 84.5 Å². The van der Waals surface area contributed by atoms with Crippen molar-refractivity contribution in [3.05, 3.63) is 58.7 Å². The van der Waals surface area contributed by atoms with Gasteiger partial charge in [0.2, 0.25) is 5.96 Å². The molecule has 8 heteroatoms. The Morgan fingerprint density at radius 1 is 1.29 bits per heavy atom. The Morgan fingerprint density at radius 3 is 2.62 bits per heavy atom. The second kappa shape index (κ2) is 5.55. The van der Waals surface area contributed by atoms with Gasteiger partial charge in [-0.2, -0.15) is 8.42 Å². The van der Waals surface area contributed by atoms with E-state index in [-0.39, 0.29) is 20.1 Å². The molecule has 0 bridgehead atoms. The highest BCUT2D eigenvalue weighted by Gasteiger charge is 2.32. The van der Waals surface area contributed by atoms with Crippen molar-refractivity contribution in [2.24, 2.45) is 10.1 Å². The zero-order valence-corrected chi connectivity index (χ0v) is 13.8. The summed E-state index contributed by atoms with van der Waals surface area (Å²) in [6.45, 7) is 3.52. The van der Waals surface area contributed by atoms with Gasteiger partial charge in [0.05, 0.1) is 5.69 Å². The van der Waals surface area contributed by atoms with E-state index in [1.54, 1.807) is 19.1 Å². The highest BCUT2D eigenvalue weighted by Crippen LogP contribution is 2.40. The van der Waals surface area contributed by atoms with Crippen LogP contribution in [0.4, 0.5) is 14.5 Å². The van der Waals surface area contributed by atoms with Gasteiger partial charge in [0, 0.05) is 14.3 Å². The summed E-state index contributed by atoms with van der Waals surface area (Å²) in [6.07, 6.45) is 0. The van der Waals surface area contributed by atoms with Crippen LogP contribution in [-0.2, 0) is 10.0 Å². The van der Waals surface area contributed by atoms with Crippen molar-refractivity contribution in [2.45, 2.75) is 24.7 Å². The summed E-state index contributed by atoms with van der Waals surface area (Å²) in [4.78, 5) is -0.425. The Morgan fingerprint density at radius 2 is 1.96 bits per heavy atom. The third-order valence-corrected chi connectivity index (χ3v) is 5.37. The van der Waals surface area contributed by atoms with Crippen molar-refractivity contribution in [3.63, 3.8) is 0 Å². The fourth-order valence-corrected chi connectivity index (χ4v) is 3.99. The van der Waals surface area contributed by atoms with Crippen LogP contribution in [0, 0.1) is 18.6 Å². The van der Waals surface area contributed by atoms with E-state index in [4.69, 9.17) is 5.73 Å². The molecule has 1 aliphatic heterocycles. The molecule has 0 spiro atoms. The standard InChI is InChI=1S/C16H15F2N3O2S.2H2/c1-8-5-3-4-6-10(8)9(2)13-14(18)11(17)7-12-15(13)20-16(19)21-24(12,22)23;;/h3-7,9H,1-2H3,(H3,19,20,21);2*1H/t9-;;/m0../s1. The van der Waals surface area contributed by atoms with Crippen molar-refractivity contribution in [3.8, 4) is 0 Å². The summed E-state index contributed by atoms with van der Waals surface area (Å²) in [5.74, 6) is -3.33. The van der Waals surface area contributed by atoms with Crippen LogP contribution in [0.25, 0.3) is 0 Å². The highest BCUT2D eigenvalue weighted by molar-refractivity contribution is 7.90. The smallest absolute Gasteiger partial charge is 0.287 e. The molecule has 0 saturated heterocycles. The normalized spacial score (nSPS) is 16.8. The van der Waals surface area contributed by atoms with Gasteiger partial charge in [-0.25, -0.2) is 8.78 Å². The summed E-state index contributed by atoms with van der Waals surface area (Å²) in [5.41, 5.74) is 6.96. The van der Waals surface area contributed by atoms with Crippen molar-refractivity contribution in [1.29, 1.82) is 0 Å². The molecule has 3 N–H and O–H groups in total. The Bertz CT molecular complexity index is 982. The summed E-state index contributed by atoms with van der Waals surface area (Å²) >= 11 is 0. The second-order valence-electron chi connectivity index (χ2n) is 5.61. The van der Waals surface area contributed by atoms with Crippen molar-refractivity contribution in [2.75, 3.05) is 5.32 Å². The van der Waals surface area contributed by atoms with E-state index < -0.39 is 32.5 Å². The Kier molecular flexibility index (Phi) is 3.79.